The standard InChI is InChI=1S/C49H94O6/c1-6-7-8-27-36-41-49(52)55-46(43-54-48(51)40-35-31-26-22-18-14-13-16-20-24-29-33-38-45(4)5)42-53-47(50)39-34-30-25-21-17-12-10-9-11-15-19-23-28-32-37-44(2)3/h44-46H,6-43H2,1-5H3/t46-/m0/s1. The van der Waals surface area contributed by atoms with Gasteiger partial charge in [-0.1, -0.05) is 227 Å². The number of carbonyl (C=O) groups is 3. The highest BCUT2D eigenvalue weighted by Crippen LogP contribution is 2.17. The maximum Gasteiger partial charge on any atom is 0.306 e. The fourth-order valence-corrected chi connectivity index (χ4v) is 7.28. The van der Waals surface area contributed by atoms with Crippen LogP contribution in [0.5, 0.6) is 0 Å². The van der Waals surface area contributed by atoms with Crippen LogP contribution < -0.4 is 0 Å². The van der Waals surface area contributed by atoms with Gasteiger partial charge in [0, 0.05) is 19.3 Å². The van der Waals surface area contributed by atoms with E-state index >= 15 is 0 Å². The summed E-state index contributed by atoms with van der Waals surface area (Å²) in [6.45, 7) is 11.3. The van der Waals surface area contributed by atoms with Gasteiger partial charge in [0.1, 0.15) is 13.2 Å². The first-order chi connectivity index (χ1) is 26.7. The number of unbranched alkanes of at least 4 members (excludes halogenated alkanes) is 28. The molecule has 6 nitrogen and oxygen atoms in total. The van der Waals surface area contributed by atoms with E-state index in [0.717, 1.165) is 76.0 Å². The lowest BCUT2D eigenvalue weighted by molar-refractivity contribution is -0.167. The molecule has 0 heterocycles. The van der Waals surface area contributed by atoms with Gasteiger partial charge in [0.15, 0.2) is 6.10 Å². The number of ether oxygens (including phenoxy) is 3. The molecular formula is C49H94O6. The fraction of sp³-hybridized carbons (Fsp3) is 0.939. The molecule has 326 valence electrons. The quantitative estimate of drug-likeness (QED) is 0.0348. The van der Waals surface area contributed by atoms with E-state index in [1.165, 1.54) is 148 Å². The van der Waals surface area contributed by atoms with Gasteiger partial charge in [0.05, 0.1) is 0 Å². The van der Waals surface area contributed by atoms with Gasteiger partial charge >= 0.3 is 17.9 Å². The Hall–Kier alpha value is -1.59. The predicted molar refractivity (Wildman–Crippen MR) is 233 cm³/mol. The van der Waals surface area contributed by atoms with Gasteiger partial charge in [-0.15, -0.1) is 0 Å². The summed E-state index contributed by atoms with van der Waals surface area (Å²) in [6.07, 6.45) is 41.2. The third-order valence-corrected chi connectivity index (χ3v) is 11.0. The highest BCUT2D eigenvalue weighted by Gasteiger charge is 2.19. The second-order valence-corrected chi connectivity index (χ2v) is 17.7. The lowest BCUT2D eigenvalue weighted by Crippen LogP contribution is -2.30. The molecule has 0 spiro atoms. The van der Waals surface area contributed by atoms with Crippen molar-refractivity contribution in [3.63, 3.8) is 0 Å². The molecule has 0 fully saturated rings. The minimum absolute atomic E-state index is 0.0655. The van der Waals surface area contributed by atoms with Crippen molar-refractivity contribution >= 4 is 17.9 Å². The second-order valence-electron chi connectivity index (χ2n) is 17.7. The van der Waals surface area contributed by atoms with Crippen LogP contribution in [0, 0.1) is 11.8 Å². The SMILES string of the molecule is CCCCCCCC(=O)O[C@@H](COC(=O)CCCCCCCCCCCCCCCCC(C)C)COC(=O)CCCCCCCCCCCCCCC(C)C. The van der Waals surface area contributed by atoms with E-state index in [4.69, 9.17) is 14.2 Å². The number of hydrogen-bond donors (Lipinski definition) is 0. The van der Waals surface area contributed by atoms with Gasteiger partial charge < -0.3 is 14.2 Å². The molecule has 0 N–H and O–H groups in total. The van der Waals surface area contributed by atoms with Crippen molar-refractivity contribution in [3.8, 4) is 0 Å². The van der Waals surface area contributed by atoms with Crippen LogP contribution in [0.15, 0.2) is 0 Å². The fourth-order valence-electron chi connectivity index (χ4n) is 7.28. The Morgan fingerprint density at radius 3 is 0.891 bits per heavy atom. The third kappa shape index (κ3) is 43.4. The van der Waals surface area contributed by atoms with Crippen LogP contribution in [-0.4, -0.2) is 37.2 Å². The van der Waals surface area contributed by atoms with Crippen LogP contribution >= 0.6 is 0 Å². The van der Waals surface area contributed by atoms with E-state index in [1.807, 2.05) is 0 Å². The van der Waals surface area contributed by atoms with Crippen molar-refractivity contribution < 1.29 is 28.6 Å². The number of rotatable bonds is 43. The zero-order chi connectivity index (χ0) is 40.5. The van der Waals surface area contributed by atoms with Crippen LogP contribution in [0.4, 0.5) is 0 Å². The Morgan fingerprint density at radius 2 is 0.600 bits per heavy atom. The van der Waals surface area contributed by atoms with E-state index in [-0.39, 0.29) is 31.1 Å². The predicted octanol–water partition coefficient (Wildman–Crippen LogP) is 15.4. The molecule has 0 aromatic rings. The van der Waals surface area contributed by atoms with E-state index in [1.54, 1.807) is 0 Å². The van der Waals surface area contributed by atoms with Crippen molar-refractivity contribution in [2.24, 2.45) is 11.8 Å². The molecule has 0 aliphatic carbocycles. The van der Waals surface area contributed by atoms with Crippen LogP contribution in [0.3, 0.4) is 0 Å². The lowest BCUT2D eigenvalue weighted by Gasteiger charge is -2.18. The molecule has 0 saturated heterocycles. The van der Waals surface area contributed by atoms with Crippen molar-refractivity contribution in [2.75, 3.05) is 13.2 Å². The number of esters is 3. The minimum atomic E-state index is -0.759. The van der Waals surface area contributed by atoms with Gasteiger partial charge in [0.2, 0.25) is 0 Å². The molecular weight excluding hydrogens is 685 g/mol. The first-order valence-electron chi connectivity index (χ1n) is 24.2. The first kappa shape index (κ1) is 53.4. The van der Waals surface area contributed by atoms with Crippen LogP contribution in [0.25, 0.3) is 0 Å². The molecule has 0 aliphatic heterocycles. The molecule has 0 aromatic carbocycles. The third-order valence-electron chi connectivity index (χ3n) is 11.0. The summed E-state index contributed by atoms with van der Waals surface area (Å²) in [5.41, 5.74) is 0. The van der Waals surface area contributed by atoms with Crippen LogP contribution in [-0.2, 0) is 28.6 Å². The Labute approximate surface area is 342 Å². The van der Waals surface area contributed by atoms with Gasteiger partial charge in [-0.3, -0.25) is 14.4 Å². The molecule has 0 bridgehead atoms. The van der Waals surface area contributed by atoms with Gasteiger partial charge in [-0.05, 0) is 31.1 Å². The average Bonchev–Trinajstić information content (AvgIpc) is 3.15. The summed E-state index contributed by atoms with van der Waals surface area (Å²) in [4.78, 5) is 37.5. The topological polar surface area (TPSA) is 78.9 Å². The summed E-state index contributed by atoms with van der Waals surface area (Å²) in [5, 5.41) is 0. The molecule has 0 aliphatic rings. The smallest absolute Gasteiger partial charge is 0.306 e. The summed E-state index contributed by atoms with van der Waals surface area (Å²) >= 11 is 0. The number of carbonyl (C=O) groups excluding carboxylic acids is 3. The van der Waals surface area contributed by atoms with Crippen molar-refractivity contribution in [1.29, 1.82) is 0 Å². The van der Waals surface area contributed by atoms with Crippen LogP contribution in [0.2, 0.25) is 0 Å². The number of hydrogen-bond acceptors (Lipinski definition) is 6. The highest BCUT2D eigenvalue weighted by molar-refractivity contribution is 5.71. The van der Waals surface area contributed by atoms with Crippen molar-refractivity contribution in [3.05, 3.63) is 0 Å². The van der Waals surface area contributed by atoms with E-state index in [0.29, 0.717) is 19.3 Å². The Balaban J connectivity index is 4.09. The van der Waals surface area contributed by atoms with Crippen LogP contribution in [0.1, 0.15) is 266 Å². The second kappa shape index (κ2) is 42.0. The molecule has 0 saturated carbocycles. The van der Waals surface area contributed by atoms with Crippen molar-refractivity contribution in [2.45, 2.75) is 272 Å². The van der Waals surface area contributed by atoms with E-state index < -0.39 is 6.10 Å². The van der Waals surface area contributed by atoms with Gasteiger partial charge in [0.25, 0.3) is 0 Å². The molecule has 0 amide bonds. The summed E-state index contributed by atoms with van der Waals surface area (Å²) in [6, 6.07) is 0. The maximum atomic E-state index is 12.5. The summed E-state index contributed by atoms with van der Waals surface area (Å²) in [7, 11) is 0. The average molecular weight is 779 g/mol. The molecule has 6 heteroatoms. The Kier molecular flexibility index (Phi) is 40.8. The lowest BCUT2D eigenvalue weighted by atomic mass is 10.0. The Bertz CT molecular complexity index is 839. The molecule has 0 unspecified atom stereocenters. The van der Waals surface area contributed by atoms with E-state index in [9.17, 15) is 14.4 Å². The highest BCUT2D eigenvalue weighted by atomic mass is 16.6. The zero-order valence-electron chi connectivity index (χ0n) is 37.6. The monoisotopic (exact) mass is 779 g/mol. The molecule has 0 aromatic heterocycles. The molecule has 55 heavy (non-hydrogen) atoms. The normalized spacial score (nSPS) is 12.1. The molecule has 1 atom stereocenters. The summed E-state index contributed by atoms with van der Waals surface area (Å²) < 4.78 is 16.6. The first-order valence-corrected chi connectivity index (χ1v) is 24.2. The maximum absolute atomic E-state index is 12.5. The zero-order valence-corrected chi connectivity index (χ0v) is 37.6. The van der Waals surface area contributed by atoms with Crippen molar-refractivity contribution in [1.82, 2.24) is 0 Å². The van der Waals surface area contributed by atoms with Gasteiger partial charge in [-0.2, -0.15) is 0 Å². The largest absolute Gasteiger partial charge is 0.462 e. The Morgan fingerprint density at radius 1 is 0.345 bits per heavy atom. The molecule has 0 rings (SSSR count). The van der Waals surface area contributed by atoms with Gasteiger partial charge in [-0.25, -0.2) is 0 Å². The van der Waals surface area contributed by atoms with E-state index in [2.05, 4.69) is 34.6 Å². The minimum Gasteiger partial charge on any atom is -0.462 e. The molecule has 0 radical (unpaired) electrons. The summed E-state index contributed by atoms with van der Waals surface area (Å²) in [5.74, 6) is 0.812.